The average molecular weight is 341 g/mol. The Morgan fingerprint density at radius 2 is 1.88 bits per heavy atom. The Morgan fingerprint density at radius 1 is 1.12 bits per heavy atom. The van der Waals surface area contributed by atoms with E-state index in [1.54, 1.807) is 0 Å². The van der Waals surface area contributed by atoms with Gasteiger partial charge < -0.3 is 10.2 Å². The van der Waals surface area contributed by atoms with Crippen molar-refractivity contribution in [1.82, 2.24) is 0 Å². The molecule has 0 aliphatic carbocycles. The predicted octanol–water partition coefficient (Wildman–Crippen LogP) is 4.69. The normalized spacial score (nSPS) is 11.4. The quantitative estimate of drug-likeness (QED) is 0.603. The number of fused-ring (bicyclic) bond motifs is 3. The van der Waals surface area contributed by atoms with Gasteiger partial charge in [0.1, 0.15) is 5.58 Å². The lowest BCUT2D eigenvalue weighted by Gasteiger charge is -2.00. The smallest absolute Gasteiger partial charge is 0.159 e. The summed E-state index contributed by atoms with van der Waals surface area (Å²) in [5.74, 6) is 0. The van der Waals surface area contributed by atoms with Gasteiger partial charge in [-0.25, -0.2) is 0 Å². The molecule has 0 aliphatic rings. The van der Waals surface area contributed by atoms with Crippen LogP contribution in [0.15, 0.2) is 43.7 Å². The summed E-state index contributed by atoms with van der Waals surface area (Å²) in [6.45, 7) is 0. The van der Waals surface area contributed by atoms with Crippen LogP contribution in [0.5, 0.6) is 0 Å². The Morgan fingerprint density at radius 3 is 2.69 bits per heavy atom. The van der Waals surface area contributed by atoms with E-state index in [4.69, 9.17) is 10.2 Å². The van der Waals surface area contributed by atoms with Gasteiger partial charge in [0.15, 0.2) is 5.58 Å². The first kappa shape index (κ1) is 10.2. The van der Waals surface area contributed by atoms with E-state index in [1.165, 1.54) is 0 Å². The van der Waals surface area contributed by atoms with Crippen molar-refractivity contribution in [2.75, 3.05) is 5.73 Å². The van der Waals surface area contributed by atoms with Crippen LogP contribution in [-0.2, 0) is 0 Å². The fraction of sp³-hybridized carbons (Fsp3) is 0. The molecule has 4 heteroatoms. The van der Waals surface area contributed by atoms with Crippen LogP contribution in [0.2, 0.25) is 0 Å². The SMILES string of the molecule is Nc1cc(Br)c(Br)c2c1oc1ccccc12. The van der Waals surface area contributed by atoms with Crippen molar-refractivity contribution in [3.63, 3.8) is 0 Å². The molecule has 80 valence electrons. The van der Waals surface area contributed by atoms with Gasteiger partial charge in [0, 0.05) is 19.7 Å². The lowest BCUT2D eigenvalue weighted by Crippen LogP contribution is -1.86. The Hall–Kier alpha value is -1.00. The Kier molecular flexibility index (Phi) is 2.23. The molecule has 0 radical (unpaired) electrons. The van der Waals surface area contributed by atoms with E-state index >= 15 is 0 Å². The molecule has 3 aromatic rings. The highest BCUT2D eigenvalue weighted by Gasteiger charge is 2.14. The molecule has 1 aromatic heterocycles. The van der Waals surface area contributed by atoms with Gasteiger partial charge in [-0.3, -0.25) is 0 Å². The molecule has 0 bridgehead atoms. The Labute approximate surface area is 109 Å². The Balaban J connectivity index is 2.66. The number of hydrogen-bond donors (Lipinski definition) is 1. The zero-order chi connectivity index (χ0) is 11.3. The molecule has 0 aliphatic heterocycles. The number of nitrogens with two attached hydrogens (primary N) is 1. The Bertz CT molecular complexity index is 703. The van der Waals surface area contributed by atoms with Gasteiger partial charge in [0.25, 0.3) is 0 Å². The monoisotopic (exact) mass is 339 g/mol. The molecule has 2 N–H and O–H groups in total. The van der Waals surface area contributed by atoms with Crippen molar-refractivity contribution in [3.05, 3.63) is 39.3 Å². The minimum atomic E-state index is 0.640. The molecular weight excluding hydrogens is 334 g/mol. The summed E-state index contributed by atoms with van der Waals surface area (Å²) in [6.07, 6.45) is 0. The van der Waals surface area contributed by atoms with Crippen molar-refractivity contribution in [2.45, 2.75) is 0 Å². The molecule has 2 aromatic carbocycles. The van der Waals surface area contributed by atoms with Crippen LogP contribution < -0.4 is 5.73 Å². The van der Waals surface area contributed by atoms with Gasteiger partial charge in [-0.1, -0.05) is 18.2 Å². The molecule has 0 fully saturated rings. The first-order chi connectivity index (χ1) is 7.68. The number of nitrogen functional groups attached to an aromatic ring is 1. The second-order valence-electron chi connectivity index (χ2n) is 3.56. The van der Waals surface area contributed by atoms with Crippen LogP contribution in [-0.4, -0.2) is 0 Å². The van der Waals surface area contributed by atoms with Crippen molar-refractivity contribution < 1.29 is 4.42 Å². The van der Waals surface area contributed by atoms with E-state index in [1.807, 2.05) is 30.3 Å². The van der Waals surface area contributed by atoms with Crippen molar-refractivity contribution in [1.29, 1.82) is 0 Å². The second kappa shape index (κ2) is 3.50. The van der Waals surface area contributed by atoms with Gasteiger partial charge in [0.05, 0.1) is 5.69 Å². The van der Waals surface area contributed by atoms with E-state index < -0.39 is 0 Å². The molecule has 0 saturated carbocycles. The lowest BCUT2D eigenvalue weighted by atomic mass is 10.1. The van der Waals surface area contributed by atoms with Crippen LogP contribution in [0, 0.1) is 0 Å². The molecule has 0 atom stereocenters. The molecule has 0 spiro atoms. The van der Waals surface area contributed by atoms with E-state index in [0.717, 1.165) is 30.9 Å². The first-order valence-electron chi connectivity index (χ1n) is 4.73. The van der Waals surface area contributed by atoms with Gasteiger partial charge in [-0.2, -0.15) is 0 Å². The molecule has 0 unspecified atom stereocenters. The fourth-order valence-corrected chi connectivity index (χ4v) is 2.80. The number of benzene rings is 2. The highest BCUT2D eigenvalue weighted by atomic mass is 79.9. The maximum Gasteiger partial charge on any atom is 0.159 e. The van der Waals surface area contributed by atoms with Crippen molar-refractivity contribution >= 4 is 59.5 Å². The highest BCUT2D eigenvalue weighted by Crippen LogP contribution is 2.41. The highest BCUT2D eigenvalue weighted by molar-refractivity contribution is 9.13. The standard InChI is InChI=1S/C12H7Br2NO/c13-7-5-8(15)12-10(11(7)14)6-3-1-2-4-9(6)16-12/h1-5H,15H2. The summed E-state index contributed by atoms with van der Waals surface area (Å²) in [5, 5.41) is 2.08. The van der Waals surface area contributed by atoms with Gasteiger partial charge in [-0.05, 0) is 44.0 Å². The molecule has 0 saturated heterocycles. The largest absolute Gasteiger partial charge is 0.454 e. The van der Waals surface area contributed by atoms with Crippen LogP contribution in [0.4, 0.5) is 5.69 Å². The van der Waals surface area contributed by atoms with Crippen LogP contribution in [0.1, 0.15) is 0 Å². The molecule has 16 heavy (non-hydrogen) atoms. The number of rotatable bonds is 0. The molecule has 0 amide bonds. The number of anilines is 1. The number of para-hydroxylation sites is 1. The molecule has 3 rings (SSSR count). The maximum absolute atomic E-state index is 5.95. The summed E-state index contributed by atoms with van der Waals surface area (Å²) < 4.78 is 7.65. The molecular formula is C12H7Br2NO. The minimum Gasteiger partial charge on any atom is -0.454 e. The maximum atomic E-state index is 5.95. The van der Waals surface area contributed by atoms with Crippen LogP contribution in [0.25, 0.3) is 21.9 Å². The third kappa shape index (κ3) is 1.30. The number of halogens is 2. The summed E-state index contributed by atoms with van der Waals surface area (Å²) in [5.41, 5.74) is 8.17. The second-order valence-corrected chi connectivity index (χ2v) is 5.21. The summed E-state index contributed by atoms with van der Waals surface area (Å²) in [7, 11) is 0. The average Bonchev–Trinajstić information content (AvgIpc) is 2.66. The van der Waals surface area contributed by atoms with Crippen LogP contribution in [0.3, 0.4) is 0 Å². The zero-order valence-electron chi connectivity index (χ0n) is 8.13. The van der Waals surface area contributed by atoms with Crippen LogP contribution >= 0.6 is 31.9 Å². The molecule has 1 heterocycles. The zero-order valence-corrected chi connectivity index (χ0v) is 11.3. The first-order valence-corrected chi connectivity index (χ1v) is 6.32. The van der Waals surface area contributed by atoms with Gasteiger partial charge in [0.2, 0.25) is 0 Å². The van der Waals surface area contributed by atoms with E-state index in [9.17, 15) is 0 Å². The van der Waals surface area contributed by atoms with Gasteiger partial charge >= 0.3 is 0 Å². The van der Waals surface area contributed by atoms with Gasteiger partial charge in [-0.15, -0.1) is 0 Å². The number of hydrogen-bond acceptors (Lipinski definition) is 2. The summed E-state index contributed by atoms with van der Waals surface area (Å²) >= 11 is 7.02. The number of furan rings is 1. The molecule has 2 nitrogen and oxygen atoms in total. The predicted molar refractivity (Wildman–Crippen MR) is 73.5 cm³/mol. The lowest BCUT2D eigenvalue weighted by molar-refractivity contribution is 0.670. The topological polar surface area (TPSA) is 39.2 Å². The third-order valence-electron chi connectivity index (χ3n) is 2.57. The van der Waals surface area contributed by atoms with Crippen molar-refractivity contribution in [2.24, 2.45) is 0 Å². The van der Waals surface area contributed by atoms with E-state index in [2.05, 4.69) is 31.9 Å². The van der Waals surface area contributed by atoms with E-state index in [0.29, 0.717) is 5.69 Å². The third-order valence-corrected chi connectivity index (χ3v) is 4.55. The fourth-order valence-electron chi connectivity index (χ4n) is 1.85. The summed E-state index contributed by atoms with van der Waals surface area (Å²) in [6, 6.07) is 9.74. The van der Waals surface area contributed by atoms with E-state index in [-0.39, 0.29) is 0 Å². The van der Waals surface area contributed by atoms with Crippen molar-refractivity contribution in [3.8, 4) is 0 Å². The minimum absolute atomic E-state index is 0.640. The summed E-state index contributed by atoms with van der Waals surface area (Å²) in [4.78, 5) is 0.